The second kappa shape index (κ2) is 6.11. The summed E-state index contributed by atoms with van der Waals surface area (Å²) in [6, 6.07) is 13.8. The first-order valence-electron chi connectivity index (χ1n) is 7.42. The maximum atomic E-state index is 12.6. The van der Waals surface area contributed by atoms with Crippen LogP contribution in [0.1, 0.15) is 12.5 Å². The van der Waals surface area contributed by atoms with Crippen LogP contribution in [0, 0.1) is 10.1 Å². The molecule has 0 aliphatic carbocycles. The third-order valence-corrected chi connectivity index (χ3v) is 3.97. The molecule has 0 spiro atoms. The third-order valence-electron chi connectivity index (χ3n) is 3.97. The summed E-state index contributed by atoms with van der Waals surface area (Å²) < 4.78 is 0. The maximum absolute atomic E-state index is 12.6. The molecule has 1 aliphatic heterocycles. The standard InChI is InChI=1S/C17H15N3O4/c1-12-16(21)18(11-13-7-9-15(10-8-13)20(23)24)17(22)19(12)14-5-3-2-4-6-14/h2-10,12H,11H2,1H3. The summed E-state index contributed by atoms with van der Waals surface area (Å²) in [6.07, 6.45) is 0. The number of non-ortho nitro benzene ring substituents is 1. The number of hydrogen-bond donors (Lipinski definition) is 0. The largest absolute Gasteiger partial charge is 0.332 e. The van der Waals surface area contributed by atoms with E-state index in [9.17, 15) is 19.7 Å². The van der Waals surface area contributed by atoms with E-state index in [1.807, 2.05) is 6.07 Å². The fourth-order valence-electron chi connectivity index (χ4n) is 2.70. The van der Waals surface area contributed by atoms with Crippen LogP contribution in [0.5, 0.6) is 0 Å². The molecule has 1 heterocycles. The maximum Gasteiger partial charge on any atom is 0.332 e. The second-order valence-corrected chi connectivity index (χ2v) is 5.51. The number of para-hydroxylation sites is 1. The molecule has 0 bridgehead atoms. The number of nitrogens with zero attached hydrogens (tertiary/aromatic N) is 3. The van der Waals surface area contributed by atoms with E-state index in [4.69, 9.17) is 0 Å². The SMILES string of the molecule is CC1C(=O)N(Cc2ccc([N+](=O)[O-])cc2)C(=O)N1c1ccccc1. The molecule has 0 saturated carbocycles. The van der Waals surface area contributed by atoms with Crippen molar-refractivity contribution in [1.82, 2.24) is 4.90 Å². The summed E-state index contributed by atoms with van der Waals surface area (Å²) in [5.74, 6) is -0.290. The molecule has 122 valence electrons. The van der Waals surface area contributed by atoms with Crippen LogP contribution in [-0.2, 0) is 11.3 Å². The van der Waals surface area contributed by atoms with Crippen LogP contribution in [-0.4, -0.2) is 27.8 Å². The zero-order valence-corrected chi connectivity index (χ0v) is 13.0. The van der Waals surface area contributed by atoms with Gasteiger partial charge in [-0.15, -0.1) is 0 Å². The first-order valence-corrected chi connectivity index (χ1v) is 7.42. The average molecular weight is 325 g/mol. The van der Waals surface area contributed by atoms with Crippen molar-refractivity contribution >= 4 is 23.3 Å². The van der Waals surface area contributed by atoms with E-state index in [2.05, 4.69) is 0 Å². The van der Waals surface area contributed by atoms with E-state index in [-0.39, 0.29) is 18.1 Å². The molecule has 1 atom stereocenters. The van der Waals surface area contributed by atoms with Crippen LogP contribution >= 0.6 is 0 Å². The molecule has 7 nitrogen and oxygen atoms in total. The molecular weight excluding hydrogens is 310 g/mol. The third kappa shape index (κ3) is 2.71. The first-order chi connectivity index (χ1) is 11.5. The lowest BCUT2D eigenvalue weighted by Crippen LogP contribution is -2.33. The highest BCUT2D eigenvalue weighted by atomic mass is 16.6. The number of carbonyl (C=O) groups is 2. The summed E-state index contributed by atoms with van der Waals surface area (Å²) in [5.41, 5.74) is 1.29. The summed E-state index contributed by atoms with van der Waals surface area (Å²) >= 11 is 0. The van der Waals surface area contributed by atoms with Crippen LogP contribution in [0.25, 0.3) is 0 Å². The Labute approximate surface area is 138 Å². The van der Waals surface area contributed by atoms with E-state index < -0.39 is 17.0 Å². The molecule has 0 N–H and O–H groups in total. The number of amides is 3. The van der Waals surface area contributed by atoms with Gasteiger partial charge in [-0.1, -0.05) is 30.3 Å². The second-order valence-electron chi connectivity index (χ2n) is 5.51. The zero-order chi connectivity index (χ0) is 17.3. The Bertz CT molecular complexity index is 789. The van der Waals surface area contributed by atoms with Gasteiger partial charge < -0.3 is 0 Å². The smallest absolute Gasteiger partial charge is 0.282 e. The Kier molecular flexibility index (Phi) is 3.99. The van der Waals surface area contributed by atoms with E-state index in [0.717, 1.165) is 0 Å². The number of urea groups is 1. The minimum Gasteiger partial charge on any atom is -0.282 e. The molecule has 2 aromatic carbocycles. The molecular formula is C17H15N3O4. The molecule has 0 aromatic heterocycles. The zero-order valence-electron chi connectivity index (χ0n) is 13.0. The lowest BCUT2D eigenvalue weighted by atomic mass is 10.2. The minimum absolute atomic E-state index is 0.0305. The Morgan fingerprint density at radius 1 is 1.04 bits per heavy atom. The van der Waals surface area contributed by atoms with Crippen molar-refractivity contribution in [2.24, 2.45) is 0 Å². The van der Waals surface area contributed by atoms with Crippen LogP contribution in [0.3, 0.4) is 0 Å². The molecule has 1 saturated heterocycles. The van der Waals surface area contributed by atoms with Gasteiger partial charge >= 0.3 is 6.03 Å². The number of carbonyl (C=O) groups excluding carboxylic acids is 2. The minimum atomic E-state index is -0.585. The molecule has 3 rings (SSSR count). The van der Waals surface area contributed by atoms with Gasteiger partial charge in [-0.05, 0) is 24.6 Å². The van der Waals surface area contributed by atoms with Gasteiger partial charge in [0.05, 0.1) is 11.5 Å². The van der Waals surface area contributed by atoms with E-state index in [1.165, 1.54) is 21.9 Å². The van der Waals surface area contributed by atoms with Gasteiger partial charge in [0.2, 0.25) is 0 Å². The first kappa shape index (κ1) is 15.7. The Morgan fingerprint density at radius 3 is 2.25 bits per heavy atom. The molecule has 1 aliphatic rings. The van der Waals surface area contributed by atoms with Crippen LogP contribution in [0.15, 0.2) is 54.6 Å². The topological polar surface area (TPSA) is 83.8 Å². The van der Waals surface area contributed by atoms with E-state index in [0.29, 0.717) is 11.3 Å². The van der Waals surface area contributed by atoms with Crippen molar-refractivity contribution in [3.8, 4) is 0 Å². The number of hydrogen-bond acceptors (Lipinski definition) is 4. The highest BCUT2D eigenvalue weighted by Crippen LogP contribution is 2.27. The number of rotatable bonds is 4. The van der Waals surface area contributed by atoms with Gasteiger partial charge in [0.1, 0.15) is 6.04 Å². The van der Waals surface area contributed by atoms with Crippen LogP contribution < -0.4 is 4.90 Å². The Hall–Kier alpha value is -3.22. The molecule has 0 radical (unpaired) electrons. The fraction of sp³-hybridized carbons (Fsp3) is 0.176. The van der Waals surface area contributed by atoms with Gasteiger partial charge in [-0.2, -0.15) is 0 Å². The Balaban J connectivity index is 1.82. The number of nitro groups is 1. The molecule has 7 heteroatoms. The number of anilines is 1. The highest BCUT2D eigenvalue weighted by Gasteiger charge is 2.43. The van der Waals surface area contributed by atoms with Crippen molar-refractivity contribution < 1.29 is 14.5 Å². The summed E-state index contributed by atoms with van der Waals surface area (Å²) in [4.78, 5) is 37.9. The molecule has 3 amide bonds. The summed E-state index contributed by atoms with van der Waals surface area (Å²) in [7, 11) is 0. The van der Waals surface area contributed by atoms with Crippen LogP contribution in [0.2, 0.25) is 0 Å². The lowest BCUT2D eigenvalue weighted by Gasteiger charge is -2.19. The molecule has 1 fully saturated rings. The van der Waals surface area contributed by atoms with Gasteiger partial charge in [0.25, 0.3) is 11.6 Å². The number of nitro benzene ring substituents is 1. The predicted octanol–water partition coefficient (Wildman–Crippen LogP) is 2.95. The Morgan fingerprint density at radius 2 is 1.67 bits per heavy atom. The fourth-order valence-corrected chi connectivity index (χ4v) is 2.70. The summed E-state index contributed by atoms with van der Waals surface area (Å²) in [6.45, 7) is 1.77. The molecule has 1 unspecified atom stereocenters. The molecule has 2 aromatic rings. The van der Waals surface area contributed by atoms with Crippen molar-refractivity contribution in [2.45, 2.75) is 19.5 Å². The van der Waals surface area contributed by atoms with Gasteiger partial charge in [0.15, 0.2) is 0 Å². The highest BCUT2D eigenvalue weighted by molar-refractivity contribution is 6.13. The number of benzene rings is 2. The van der Waals surface area contributed by atoms with Crippen molar-refractivity contribution in [2.75, 3.05) is 4.90 Å². The van der Waals surface area contributed by atoms with E-state index >= 15 is 0 Å². The van der Waals surface area contributed by atoms with Crippen molar-refractivity contribution in [3.05, 3.63) is 70.3 Å². The predicted molar refractivity (Wildman–Crippen MR) is 87.4 cm³/mol. The number of imide groups is 1. The van der Waals surface area contributed by atoms with E-state index in [1.54, 1.807) is 43.3 Å². The van der Waals surface area contributed by atoms with Crippen LogP contribution in [0.4, 0.5) is 16.2 Å². The summed E-state index contributed by atoms with van der Waals surface area (Å²) in [5, 5.41) is 10.7. The van der Waals surface area contributed by atoms with Crippen molar-refractivity contribution in [3.63, 3.8) is 0 Å². The lowest BCUT2D eigenvalue weighted by molar-refractivity contribution is -0.384. The monoisotopic (exact) mass is 325 g/mol. The van der Waals surface area contributed by atoms with Gasteiger partial charge in [-0.25, -0.2) is 4.79 Å². The quantitative estimate of drug-likeness (QED) is 0.491. The van der Waals surface area contributed by atoms with Crippen molar-refractivity contribution in [1.29, 1.82) is 0 Å². The van der Waals surface area contributed by atoms with Gasteiger partial charge in [-0.3, -0.25) is 24.7 Å². The average Bonchev–Trinajstić information content (AvgIpc) is 2.80. The van der Waals surface area contributed by atoms with Gasteiger partial charge in [0, 0.05) is 17.8 Å². The molecule has 24 heavy (non-hydrogen) atoms. The normalized spacial score (nSPS) is 17.5.